The molecule has 1 amide bonds. The summed E-state index contributed by atoms with van der Waals surface area (Å²) in [6.07, 6.45) is 5.51. The van der Waals surface area contributed by atoms with Crippen molar-refractivity contribution >= 4 is 11.6 Å². The number of ether oxygens (including phenoxy) is 1. The van der Waals surface area contributed by atoms with E-state index in [1.165, 1.54) is 0 Å². The SMILES string of the molecule is COc1cccc(N2CCN(C(=O)c3cnn(C)c3-n3cccc3)CC2)c1. The molecule has 1 aliphatic heterocycles. The zero-order valence-corrected chi connectivity index (χ0v) is 15.6. The number of methoxy groups -OCH3 is 1. The average Bonchev–Trinajstić information content (AvgIpc) is 3.37. The quantitative estimate of drug-likeness (QED) is 0.711. The molecule has 0 bridgehead atoms. The van der Waals surface area contributed by atoms with Crippen LogP contribution in [0, 0.1) is 0 Å². The summed E-state index contributed by atoms with van der Waals surface area (Å²) in [7, 11) is 3.53. The van der Waals surface area contributed by atoms with E-state index in [2.05, 4.69) is 16.1 Å². The van der Waals surface area contributed by atoms with Crippen molar-refractivity contribution in [1.29, 1.82) is 0 Å². The predicted octanol–water partition coefficient (Wildman–Crippen LogP) is 2.18. The number of aryl methyl sites for hydroxylation is 1. The van der Waals surface area contributed by atoms with E-state index >= 15 is 0 Å². The molecule has 1 aliphatic rings. The second-order valence-electron chi connectivity index (χ2n) is 6.58. The molecule has 0 unspecified atom stereocenters. The molecule has 1 fully saturated rings. The Hall–Kier alpha value is -3.22. The first-order valence-electron chi connectivity index (χ1n) is 9.01. The number of anilines is 1. The Labute approximate surface area is 158 Å². The normalized spacial score (nSPS) is 14.4. The molecule has 0 radical (unpaired) electrons. The third-order valence-corrected chi connectivity index (χ3v) is 4.97. The minimum Gasteiger partial charge on any atom is -0.497 e. The molecule has 140 valence electrons. The highest BCUT2D eigenvalue weighted by Gasteiger charge is 2.26. The second-order valence-corrected chi connectivity index (χ2v) is 6.58. The van der Waals surface area contributed by atoms with Crippen molar-refractivity contribution < 1.29 is 9.53 Å². The van der Waals surface area contributed by atoms with E-state index in [1.807, 2.05) is 59.2 Å². The summed E-state index contributed by atoms with van der Waals surface area (Å²) < 4.78 is 8.97. The van der Waals surface area contributed by atoms with Gasteiger partial charge in [-0.3, -0.25) is 9.48 Å². The van der Waals surface area contributed by atoms with Crippen LogP contribution >= 0.6 is 0 Å². The smallest absolute Gasteiger partial charge is 0.259 e. The van der Waals surface area contributed by atoms with Crippen molar-refractivity contribution in [1.82, 2.24) is 19.2 Å². The van der Waals surface area contributed by atoms with E-state index in [1.54, 1.807) is 18.0 Å². The summed E-state index contributed by atoms with van der Waals surface area (Å²) >= 11 is 0. The fourth-order valence-electron chi connectivity index (χ4n) is 3.51. The first-order valence-corrected chi connectivity index (χ1v) is 9.01. The van der Waals surface area contributed by atoms with Crippen LogP contribution in [0.25, 0.3) is 5.82 Å². The molecule has 4 rings (SSSR count). The van der Waals surface area contributed by atoms with E-state index in [0.717, 1.165) is 30.3 Å². The second kappa shape index (κ2) is 7.19. The van der Waals surface area contributed by atoms with Crippen molar-refractivity contribution in [2.75, 3.05) is 38.2 Å². The number of carbonyl (C=O) groups is 1. The van der Waals surface area contributed by atoms with Crippen LogP contribution in [0.4, 0.5) is 5.69 Å². The van der Waals surface area contributed by atoms with Gasteiger partial charge in [-0.25, -0.2) is 0 Å². The average molecular weight is 365 g/mol. The van der Waals surface area contributed by atoms with Gasteiger partial charge in [-0.05, 0) is 24.3 Å². The van der Waals surface area contributed by atoms with E-state index in [4.69, 9.17) is 4.74 Å². The molecule has 7 nitrogen and oxygen atoms in total. The number of rotatable bonds is 4. The van der Waals surface area contributed by atoms with Crippen LogP contribution in [0.3, 0.4) is 0 Å². The van der Waals surface area contributed by atoms with Crippen molar-refractivity contribution in [3.05, 3.63) is 60.6 Å². The molecule has 0 spiro atoms. The van der Waals surface area contributed by atoms with Crippen molar-refractivity contribution in [2.24, 2.45) is 7.05 Å². The van der Waals surface area contributed by atoms with Gasteiger partial charge in [-0.1, -0.05) is 6.07 Å². The summed E-state index contributed by atoms with van der Waals surface area (Å²) in [5.74, 6) is 1.66. The van der Waals surface area contributed by atoms with E-state index in [9.17, 15) is 4.79 Å². The highest BCUT2D eigenvalue weighted by Crippen LogP contribution is 2.23. The Morgan fingerprint density at radius 3 is 2.52 bits per heavy atom. The van der Waals surface area contributed by atoms with E-state index in [-0.39, 0.29) is 5.91 Å². The summed E-state index contributed by atoms with van der Waals surface area (Å²) in [4.78, 5) is 17.3. The molecule has 2 aromatic heterocycles. The zero-order chi connectivity index (χ0) is 18.8. The Balaban J connectivity index is 1.48. The Kier molecular flexibility index (Phi) is 4.58. The fourth-order valence-corrected chi connectivity index (χ4v) is 3.51. The topological polar surface area (TPSA) is 55.5 Å². The molecule has 0 aliphatic carbocycles. The minimum atomic E-state index is 0.0251. The number of amides is 1. The summed E-state index contributed by atoms with van der Waals surface area (Å²) in [6.45, 7) is 2.93. The predicted molar refractivity (Wildman–Crippen MR) is 104 cm³/mol. The number of hydrogen-bond acceptors (Lipinski definition) is 4. The number of piperazine rings is 1. The monoisotopic (exact) mass is 365 g/mol. The van der Waals surface area contributed by atoms with Crippen LogP contribution < -0.4 is 9.64 Å². The molecule has 0 atom stereocenters. The number of nitrogens with zero attached hydrogens (tertiary/aromatic N) is 5. The first-order chi connectivity index (χ1) is 13.2. The van der Waals surface area contributed by atoms with Crippen molar-refractivity contribution in [3.63, 3.8) is 0 Å². The highest BCUT2D eigenvalue weighted by molar-refractivity contribution is 5.97. The van der Waals surface area contributed by atoms with Gasteiger partial charge < -0.3 is 19.1 Å². The van der Waals surface area contributed by atoms with Crippen molar-refractivity contribution in [3.8, 4) is 11.6 Å². The third kappa shape index (κ3) is 3.28. The number of aromatic nitrogens is 3. The van der Waals surface area contributed by atoms with Gasteiger partial charge in [0.2, 0.25) is 0 Å². The Morgan fingerprint density at radius 1 is 1.07 bits per heavy atom. The Bertz CT molecular complexity index is 924. The van der Waals surface area contributed by atoms with Gasteiger partial charge in [0.25, 0.3) is 5.91 Å². The fraction of sp³-hybridized carbons (Fsp3) is 0.300. The molecule has 0 saturated carbocycles. The summed E-state index contributed by atoms with van der Waals surface area (Å²) in [6, 6.07) is 11.9. The van der Waals surface area contributed by atoms with Crippen LogP contribution in [-0.2, 0) is 7.05 Å². The van der Waals surface area contributed by atoms with Gasteiger partial charge in [0, 0.05) is 57.4 Å². The maximum atomic E-state index is 13.1. The van der Waals surface area contributed by atoms with E-state index < -0.39 is 0 Å². The first kappa shape index (κ1) is 17.2. The van der Waals surface area contributed by atoms with Gasteiger partial charge in [-0.2, -0.15) is 5.10 Å². The molecule has 1 aromatic carbocycles. The van der Waals surface area contributed by atoms with Gasteiger partial charge in [0.15, 0.2) is 0 Å². The molecule has 1 saturated heterocycles. The summed E-state index contributed by atoms with van der Waals surface area (Å²) in [5.41, 5.74) is 1.75. The lowest BCUT2D eigenvalue weighted by atomic mass is 10.2. The molecule has 3 heterocycles. The number of benzene rings is 1. The van der Waals surface area contributed by atoms with Crippen LogP contribution in [0.5, 0.6) is 5.75 Å². The lowest BCUT2D eigenvalue weighted by molar-refractivity contribution is 0.0746. The largest absolute Gasteiger partial charge is 0.497 e. The van der Waals surface area contributed by atoms with Crippen LogP contribution in [0.1, 0.15) is 10.4 Å². The zero-order valence-electron chi connectivity index (χ0n) is 15.6. The molecular weight excluding hydrogens is 342 g/mol. The number of hydrogen-bond donors (Lipinski definition) is 0. The molecule has 27 heavy (non-hydrogen) atoms. The summed E-state index contributed by atoms with van der Waals surface area (Å²) in [5, 5.41) is 4.29. The number of carbonyl (C=O) groups excluding carboxylic acids is 1. The lowest BCUT2D eigenvalue weighted by Crippen LogP contribution is -2.48. The molecule has 7 heteroatoms. The van der Waals surface area contributed by atoms with Crippen LogP contribution in [0.15, 0.2) is 55.0 Å². The van der Waals surface area contributed by atoms with Gasteiger partial charge in [-0.15, -0.1) is 0 Å². The standard InChI is InChI=1S/C20H23N5O2/c1-22-19(24-8-3-4-9-24)18(15-21-22)20(26)25-12-10-23(11-13-25)16-6-5-7-17(14-16)27-2/h3-9,14-15H,10-13H2,1-2H3. The van der Waals surface area contributed by atoms with Gasteiger partial charge in [0.1, 0.15) is 17.1 Å². The van der Waals surface area contributed by atoms with E-state index in [0.29, 0.717) is 18.7 Å². The van der Waals surface area contributed by atoms with Crippen LogP contribution in [0.2, 0.25) is 0 Å². The van der Waals surface area contributed by atoms with Crippen LogP contribution in [-0.4, -0.2) is 58.4 Å². The minimum absolute atomic E-state index is 0.0251. The Morgan fingerprint density at radius 2 is 1.81 bits per heavy atom. The van der Waals surface area contributed by atoms with Crippen molar-refractivity contribution in [2.45, 2.75) is 0 Å². The molecule has 3 aromatic rings. The third-order valence-electron chi connectivity index (χ3n) is 4.97. The molecule has 0 N–H and O–H groups in total. The van der Waals surface area contributed by atoms with Gasteiger partial charge >= 0.3 is 0 Å². The lowest BCUT2D eigenvalue weighted by Gasteiger charge is -2.36. The highest BCUT2D eigenvalue weighted by atomic mass is 16.5. The maximum Gasteiger partial charge on any atom is 0.259 e. The van der Waals surface area contributed by atoms with Gasteiger partial charge in [0.05, 0.1) is 13.3 Å². The molecular formula is C20H23N5O2. The maximum absolute atomic E-state index is 13.1.